The normalized spacial score (nSPS) is 11.3. The molecule has 0 radical (unpaired) electrons. The summed E-state index contributed by atoms with van der Waals surface area (Å²) < 4.78 is 22.7. The molecule has 0 aliphatic rings. The molecule has 5 nitrogen and oxygen atoms in total. The summed E-state index contributed by atoms with van der Waals surface area (Å²) in [5.74, 6) is -0.436. The monoisotopic (exact) mass is 352 g/mol. The molecule has 0 aromatic heterocycles. The van der Waals surface area contributed by atoms with E-state index in [0.29, 0.717) is 13.0 Å². The molecule has 0 saturated carbocycles. The number of carbonyl (C=O) groups is 1. The number of nitrogens with one attached hydrogen (secondary N) is 1. The number of hydrogen-bond donors (Lipinski definition) is 2. The molecule has 0 heterocycles. The molecule has 3 N–H and O–H groups in total. The van der Waals surface area contributed by atoms with Crippen molar-refractivity contribution in [1.82, 2.24) is 5.32 Å². The van der Waals surface area contributed by atoms with Gasteiger partial charge in [-0.15, -0.1) is 0 Å². The van der Waals surface area contributed by atoms with Crippen LogP contribution in [-0.2, 0) is 16.4 Å². The van der Waals surface area contributed by atoms with Crippen LogP contribution in [0.25, 0.3) is 0 Å². The summed E-state index contributed by atoms with van der Waals surface area (Å²) in [4.78, 5) is 12.0. The van der Waals surface area contributed by atoms with Gasteiger partial charge < -0.3 is 5.32 Å². The molecule has 0 aliphatic heterocycles. The van der Waals surface area contributed by atoms with Crippen LogP contribution < -0.4 is 10.5 Å². The fourth-order valence-electron chi connectivity index (χ4n) is 2.15. The Morgan fingerprint density at radius 2 is 1.91 bits per heavy atom. The van der Waals surface area contributed by atoms with E-state index in [0.717, 1.165) is 11.1 Å². The molecule has 1 amide bonds. The molecule has 0 spiro atoms. The third kappa shape index (κ3) is 4.54. The summed E-state index contributed by atoms with van der Waals surface area (Å²) >= 11 is 5.97. The van der Waals surface area contributed by atoms with Gasteiger partial charge in [0.05, 0.1) is 15.5 Å². The van der Waals surface area contributed by atoms with Gasteiger partial charge in [-0.3, -0.25) is 4.79 Å². The van der Waals surface area contributed by atoms with E-state index in [1.807, 2.05) is 31.2 Å². The third-order valence-electron chi connectivity index (χ3n) is 3.45. The minimum atomic E-state index is -3.88. The van der Waals surface area contributed by atoms with Crippen LogP contribution in [0.3, 0.4) is 0 Å². The Labute approximate surface area is 140 Å². The number of rotatable bonds is 5. The van der Waals surface area contributed by atoms with E-state index in [1.165, 1.54) is 18.2 Å². The Morgan fingerprint density at radius 3 is 2.57 bits per heavy atom. The lowest BCUT2D eigenvalue weighted by atomic mass is 10.1. The highest BCUT2D eigenvalue weighted by atomic mass is 35.5. The predicted octanol–water partition coefficient (Wildman–Crippen LogP) is 2.27. The van der Waals surface area contributed by atoms with E-state index in [-0.39, 0.29) is 15.5 Å². The van der Waals surface area contributed by atoms with Crippen LogP contribution in [0.2, 0.25) is 5.02 Å². The van der Waals surface area contributed by atoms with Crippen LogP contribution in [0.1, 0.15) is 21.5 Å². The second-order valence-corrected chi connectivity index (χ2v) is 7.09. The van der Waals surface area contributed by atoms with Gasteiger partial charge in [0.1, 0.15) is 0 Å². The number of nitrogens with two attached hydrogens (primary N) is 1. The lowest BCUT2D eigenvalue weighted by Gasteiger charge is -2.09. The van der Waals surface area contributed by atoms with Gasteiger partial charge in [0, 0.05) is 6.54 Å². The molecule has 2 aromatic carbocycles. The van der Waals surface area contributed by atoms with Gasteiger partial charge in [-0.05, 0) is 42.7 Å². The Hall–Kier alpha value is -1.89. The fourth-order valence-corrected chi connectivity index (χ4v) is 2.90. The highest BCUT2D eigenvalue weighted by Crippen LogP contribution is 2.19. The zero-order chi connectivity index (χ0) is 17.0. The Balaban J connectivity index is 2.08. The average molecular weight is 353 g/mol. The topological polar surface area (TPSA) is 89.3 Å². The van der Waals surface area contributed by atoms with Crippen LogP contribution >= 0.6 is 11.6 Å². The van der Waals surface area contributed by atoms with Gasteiger partial charge in [0.25, 0.3) is 5.91 Å². The van der Waals surface area contributed by atoms with Crippen LogP contribution in [0.5, 0.6) is 0 Å². The molecular weight excluding hydrogens is 336 g/mol. The minimum Gasteiger partial charge on any atom is -0.352 e. The van der Waals surface area contributed by atoms with Gasteiger partial charge in [0.2, 0.25) is 10.0 Å². The molecule has 2 rings (SSSR count). The maximum atomic E-state index is 12.2. The predicted molar refractivity (Wildman–Crippen MR) is 90.0 cm³/mol. The van der Waals surface area contributed by atoms with Gasteiger partial charge in [-0.2, -0.15) is 0 Å². The summed E-state index contributed by atoms with van der Waals surface area (Å²) in [6.45, 7) is 2.42. The lowest BCUT2D eigenvalue weighted by Crippen LogP contribution is -2.26. The maximum Gasteiger partial charge on any atom is 0.252 e. The lowest BCUT2D eigenvalue weighted by molar-refractivity contribution is 0.0954. The summed E-state index contributed by atoms with van der Waals surface area (Å²) in [7, 11) is -3.88. The van der Waals surface area contributed by atoms with Gasteiger partial charge in [-0.1, -0.05) is 35.9 Å². The average Bonchev–Trinajstić information content (AvgIpc) is 2.48. The minimum absolute atomic E-state index is 0.0861. The molecular formula is C16H17ClN2O3S. The molecule has 7 heteroatoms. The number of hydrogen-bond acceptors (Lipinski definition) is 3. The van der Waals surface area contributed by atoms with Crippen LogP contribution in [0.4, 0.5) is 0 Å². The van der Waals surface area contributed by atoms with E-state index >= 15 is 0 Å². The fraction of sp³-hybridized carbons (Fsp3) is 0.188. The largest absolute Gasteiger partial charge is 0.352 e. The summed E-state index contributed by atoms with van der Waals surface area (Å²) in [6, 6.07) is 11.7. The molecule has 0 bridgehead atoms. The van der Waals surface area contributed by atoms with Crippen LogP contribution in [0.15, 0.2) is 47.4 Å². The quantitative estimate of drug-likeness (QED) is 0.865. The number of amides is 1. The summed E-state index contributed by atoms with van der Waals surface area (Å²) in [6.07, 6.45) is 0.672. The van der Waals surface area contributed by atoms with E-state index in [9.17, 15) is 13.2 Å². The summed E-state index contributed by atoms with van der Waals surface area (Å²) in [5.41, 5.74) is 2.37. The van der Waals surface area contributed by atoms with Crippen molar-refractivity contribution in [1.29, 1.82) is 0 Å². The van der Waals surface area contributed by atoms with Gasteiger partial charge in [-0.25, -0.2) is 13.6 Å². The second-order valence-electron chi connectivity index (χ2n) is 5.12. The zero-order valence-electron chi connectivity index (χ0n) is 12.5. The first kappa shape index (κ1) is 17.5. The van der Waals surface area contributed by atoms with Crippen molar-refractivity contribution >= 4 is 27.5 Å². The first-order valence-electron chi connectivity index (χ1n) is 6.94. The van der Waals surface area contributed by atoms with Gasteiger partial charge in [0.15, 0.2) is 0 Å². The molecule has 0 atom stereocenters. The smallest absolute Gasteiger partial charge is 0.252 e. The highest BCUT2D eigenvalue weighted by Gasteiger charge is 2.15. The molecule has 0 fully saturated rings. The number of primary sulfonamides is 1. The standard InChI is InChI=1S/C16H17ClN2O3S/c1-11-4-2-3-5-12(11)8-9-19-16(20)14-10-13(23(18,21)22)6-7-15(14)17/h2-7,10H,8-9H2,1H3,(H,19,20)(H2,18,21,22). The van der Waals surface area contributed by atoms with Gasteiger partial charge >= 0.3 is 0 Å². The van der Waals surface area contributed by atoms with Crippen molar-refractivity contribution in [3.63, 3.8) is 0 Å². The van der Waals surface area contributed by atoms with Crippen molar-refractivity contribution in [3.8, 4) is 0 Å². The van der Waals surface area contributed by atoms with Crippen molar-refractivity contribution in [2.24, 2.45) is 5.14 Å². The van der Waals surface area contributed by atoms with E-state index in [4.69, 9.17) is 16.7 Å². The van der Waals surface area contributed by atoms with E-state index in [1.54, 1.807) is 0 Å². The molecule has 0 aliphatic carbocycles. The Bertz CT molecular complexity index is 835. The van der Waals surface area contributed by atoms with Crippen molar-refractivity contribution in [2.75, 3.05) is 6.54 Å². The first-order chi connectivity index (χ1) is 10.8. The Morgan fingerprint density at radius 1 is 1.22 bits per heavy atom. The first-order valence-corrected chi connectivity index (χ1v) is 8.86. The Kier molecular flexibility index (Phi) is 5.41. The maximum absolute atomic E-state index is 12.2. The molecule has 122 valence electrons. The van der Waals surface area contributed by atoms with Crippen molar-refractivity contribution in [3.05, 3.63) is 64.2 Å². The molecule has 0 unspecified atom stereocenters. The van der Waals surface area contributed by atoms with Crippen LogP contribution in [0, 0.1) is 6.92 Å². The van der Waals surface area contributed by atoms with Crippen molar-refractivity contribution < 1.29 is 13.2 Å². The number of carbonyl (C=O) groups excluding carboxylic acids is 1. The number of aryl methyl sites for hydroxylation is 1. The van der Waals surface area contributed by atoms with Crippen molar-refractivity contribution in [2.45, 2.75) is 18.2 Å². The van der Waals surface area contributed by atoms with E-state index in [2.05, 4.69) is 5.32 Å². The third-order valence-corrected chi connectivity index (χ3v) is 4.69. The number of benzene rings is 2. The molecule has 23 heavy (non-hydrogen) atoms. The second kappa shape index (κ2) is 7.12. The molecule has 2 aromatic rings. The van der Waals surface area contributed by atoms with Crippen LogP contribution in [-0.4, -0.2) is 20.9 Å². The summed E-state index contributed by atoms with van der Waals surface area (Å²) in [5, 5.41) is 7.97. The number of sulfonamides is 1. The number of halogens is 1. The molecule has 0 saturated heterocycles. The zero-order valence-corrected chi connectivity index (χ0v) is 14.1. The SMILES string of the molecule is Cc1ccccc1CCNC(=O)c1cc(S(N)(=O)=O)ccc1Cl. The van der Waals surface area contributed by atoms with E-state index < -0.39 is 15.9 Å². The highest BCUT2D eigenvalue weighted by molar-refractivity contribution is 7.89.